The molecule has 0 aromatic heterocycles. The summed E-state index contributed by atoms with van der Waals surface area (Å²) in [6.45, 7) is 13.0. The quantitative estimate of drug-likeness (QED) is 0.655. The van der Waals surface area contributed by atoms with E-state index >= 15 is 0 Å². The maximum atomic E-state index is 5.99. The van der Waals surface area contributed by atoms with E-state index in [0.717, 1.165) is 25.3 Å². The van der Waals surface area contributed by atoms with Crippen molar-refractivity contribution in [2.24, 2.45) is 5.92 Å². The Morgan fingerprint density at radius 3 is 2.19 bits per heavy atom. The van der Waals surface area contributed by atoms with E-state index < -0.39 is 0 Å². The van der Waals surface area contributed by atoms with Gasteiger partial charge in [-0.05, 0) is 48.9 Å². The van der Waals surface area contributed by atoms with Gasteiger partial charge in [-0.2, -0.15) is 0 Å². The fourth-order valence-corrected chi connectivity index (χ4v) is 2.35. The van der Waals surface area contributed by atoms with E-state index in [1.165, 1.54) is 18.4 Å². The Bertz CT molecular complexity index is 374. The van der Waals surface area contributed by atoms with E-state index in [1.807, 2.05) is 0 Å². The molecule has 0 saturated heterocycles. The van der Waals surface area contributed by atoms with Crippen LogP contribution in [-0.2, 0) is 0 Å². The van der Waals surface area contributed by atoms with E-state index in [9.17, 15) is 0 Å². The third-order valence-corrected chi connectivity index (χ3v) is 4.48. The summed E-state index contributed by atoms with van der Waals surface area (Å²) >= 11 is 0. The number of benzene rings is 1. The van der Waals surface area contributed by atoms with Gasteiger partial charge in [0.05, 0.1) is 0 Å². The molecule has 1 aromatic rings. The first-order chi connectivity index (χ1) is 10.1. The fraction of sp³-hybridized carbons (Fsp3) is 0.684. The second kappa shape index (κ2) is 9.83. The summed E-state index contributed by atoms with van der Waals surface area (Å²) in [6.07, 6.45) is 3.52. The zero-order valence-electron chi connectivity index (χ0n) is 14.5. The van der Waals surface area contributed by atoms with Crippen LogP contribution in [0.25, 0.3) is 0 Å². The molecule has 0 radical (unpaired) electrons. The standard InChI is InChI=1S/C19H33NO/c1-6-13-20-19(16(5)8-3)14-21-18-11-9-17(10-12-18)15(4)7-2/h9-12,15-16,19-20H,6-8,13-14H2,1-5H3. The molecular formula is C19H33NO. The number of hydrogen-bond donors (Lipinski definition) is 1. The lowest BCUT2D eigenvalue weighted by atomic mass is 9.98. The van der Waals surface area contributed by atoms with E-state index in [4.69, 9.17) is 4.74 Å². The summed E-state index contributed by atoms with van der Waals surface area (Å²) in [4.78, 5) is 0. The van der Waals surface area contributed by atoms with Gasteiger partial charge in [0.15, 0.2) is 0 Å². The first kappa shape index (κ1) is 18.0. The van der Waals surface area contributed by atoms with Crippen LogP contribution < -0.4 is 10.1 Å². The molecule has 0 saturated carbocycles. The van der Waals surface area contributed by atoms with Crippen molar-refractivity contribution < 1.29 is 4.74 Å². The topological polar surface area (TPSA) is 21.3 Å². The molecule has 0 spiro atoms. The van der Waals surface area contributed by atoms with Gasteiger partial charge in [-0.15, -0.1) is 0 Å². The summed E-state index contributed by atoms with van der Waals surface area (Å²) in [5.74, 6) is 2.24. The summed E-state index contributed by atoms with van der Waals surface area (Å²) in [5, 5.41) is 3.60. The smallest absolute Gasteiger partial charge is 0.119 e. The average Bonchev–Trinajstić information content (AvgIpc) is 2.54. The van der Waals surface area contributed by atoms with Crippen LogP contribution in [0.15, 0.2) is 24.3 Å². The predicted molar refractivity (Wildman–Crippen MR) is 92.2 cm³/mol. The lowest BCUT2D eigenvalue weighted by Crippen LogP contribution is -2.40. The fourth-order valence-electron chi connectivity index (χ4n) is 2.35. The number of nitrogens with one attached hydrogen (secondary N) is 1. The predicted octanol–water partition coefficient (Wildman–Crippen LogP) is 4.99. The van der Waals surface area contributed by atoms with Gasteiger partial charge in [0.25, 0.3) is 0 Å². The molecule has 0 heterocycles. The van der Waals surface area contributed by atoms with Crippen LogP contribution in [0.4, 0.5) is 0 Å². The average molecular weight is 291 g/mol. The zero-order valence-corrected chi connectivity index (χ0v) is 14.5. The molecule has 3 atom stereocenters. The molecule has 120 valence electrons. The number of hydrogen-bond acceptors (Lipinski definition) is 2. The third-order valence-electron chi connectivity index (χ3n) is 4.48. The second-order valence-corrected chi connectivity index (χ2v) is 6.14. The lowest BCUT2D eigenvalue weighted by Gasteiger charge is -2.24. The van der Waals surface area contributed by atoms with Gasteiger partial charge >= 0.3 is 0 Å². The minimum Gasteiger partial charge on any atom is -0.492 e. The van der Waals surface area contributed by atoms with E-state index in [1.54, 1.807) is 0 Å². The highest BCUT2D eigenvalue weighted by Gasteiger charge is 2.15. The Kier molecular flexibility index (Phi) is 8.44. The number of rotatable bonds is 10. The van der Waals surface area contributed by atoms with Crippen LogP contribution in [0.3, 0.4) is 0 Å². The molecule has 0 aliphatic rings. The van der Waals surface area contributed by atoms with Crippen molar-refractivity contribution in [3.8, 4) is 5.75 Å². The second-order valence-electron chi connectivity index (χ2n) is 6.14. The van der Waals surface area contributed by atoms with Crippen LogP contribution in [0.5, 0.6) is 5.75 Å². The van der Waals surface area contributed by atoms with Gasteiger partial charge in [0.2, 0.25) is 0 Å². The van der Waals surface area contributed by atoms with Gasteiger partial charge in [0, 0.05) is 6.04 Å². The summed E-state index contributed by atoms with van der Waals surface area (Å²) in [5.41, 5.74) is 1.40. The highest BCUT2D eigenvalue weighted by Crippen LogP contribution is 2.22. The molecule has 0 aliphatic heterocycles. The zero-order chi connectivity index (χ0) is 15.7. The normalized spacial score (nSPS) is 15.5. The van der Waals surface area contributed by atoms with Crippen molar-refractivity contribution >= 4 is 0 Å². The molecule has 3 unspecified atom stereocenters. The maximum Gasteiger partial charge on any atom is 0.119 e. The van der Waals surface area contributed by atoms with Crippen molar-refractivity contribution in [3.05, 3.63) is 29.8 Å². The van der Waals surface area contributed by atoms with Gasteiger partial charge in [0.1, 0.15) is 12.4 Å². The van der Waals surface area contributed by atoms with Crippen molar-refractivity contribution in [1.82, 2.24) is 5.32 Å². The Balaban J connectivity index is 2.54. The monoisotopic (exact) mass is 291 g/mol. The van der Waals surface area contributed by atoms with Crippen LogP contribution >= 0.6 is 0 Å². The highest BCUT2D eigenvalue weighted by molar-refractivity contribution is 5.29. The summed E-state index contributed by atoms with van der Waals surface area (Å²) < 4.78 is 5.99. The Morgan fingerprint density at radius 1 is 1.00 bits per heavy atom. The summed E-state index contributed by atoms with van der Waals surface area (Å²) in [7, 11) is 0. The SMILES string of the molecule is CCCNC(COc1ccc(C(C)CC)cc1)C(C)CC. The van der Waals surface area contributed by atoms with Crippen molar-refractivity contribution in [1.29, 1.82) is 0 Å². The van der Waals surface area contributed by atoms with Gasteiger partial charge in [-0.1, -0.05) is 53.2 Å². The molecule has 0 amide bonds. The molecule has 0 aliphatic carbocycles. The molecule has 0 fully saturated rings. The molecule has 1 N–H and O–H groups in total. The molecule has 1 rings (SSSR count). The molecule has 2 nitrogen and oxygen atoms in total. The van der Waals surface area contributed by atoms with Crippen molar-refractivity contribution in [2.75, 3.05) is 13.2 Å². The summed E-state index contributed by atoms with van der Waals surface area (Å²) in [6, 6.07) is 9.04. The van der Waals surface area contributed by atoms with E-state index in [0.29, 0.717) is 17.9 Å². The lowest BCUT2D eigenvalue weighted by molar-refractivity contribution is 0.220. The Hall–Kier alpha value is -1.02. The van der Waals surface area contributed by atoms with E-state index in [-0.39, 0.29) is 0 Å². The van der Waals surface area contributed by atoms with Crippen molar-refractivity contribution in [2.45, 2.75) is 65.8 Å². The molecule has 21 heavy (non-hydrogen) atoms. The minimum atomic E-state index is 0.434. The molecule has 1 aromatic carbocycles. The Morgan fingerprint density at radius 2 is 1.67 bits per heavy atom. The molecular weight excluding hydrogens is 258 g/mol. The van der Waals surface area contributed by atoms with Crippen molar-refractivity contribution in [3.63, 3.8) is 0 Å². The van der Waals surface area contributed by atoms with Gasteiger partial charge < -0.3 is 10.1 Å². The number of ether oxygens (including phenoxy) is 1. The minimum absolute atomic E-state index is 0.434. The van der Waals surface area contributed by atoms with Crippen LogP contribution in [0.2, 0.25) is 0 Å². The first-order valence-electron chi connectivity index (χ1n) is 8.58. The largest absolute Gasteiger partial charge is 0.492 e. The third kappa shape index (κ3) is 6.09. The molecule has 2 heteroatoms. The van der Waals surface area contributed by atoms with Crippen LogP contribution in [0, 0.1) is 5.92 Å². The highest BCUT2D eigenvalue weighted by atomic mass is 16.5. The first-order valence-corrected chi connectivity index (χ1v) is 8.58. The maximum absolute atomic E-state index is 5.99. The van der Waals surface area contributed by atoms with Gasteiger partial charge in [-0.3, -0.25) is 0 Å². The molecule has 0 bridgehead atoms. The van der Waals surface area contributed by atoms with E-state index in [2.05, 4.69) is 64.2 Å². The van der Waals surface area contributed by atoms with Gasteiger partial charge in [-0.25, -0.2) is 0 Å². The Labute approximate surface area is 131 Å². The van der Waals surface area contributed by atoms with Crippen LogP contribution in [-0.4, -0.2) is 19.2 Å². The van der Waals surface area contributed by atoms with Crippen LogP contribution in [0.1, 0.15) is 65.4 Å².